The van der Waals surface area contributed by atoms with Gasteiger partial charge < -0.3 is 9.84 Å². The molecule has 0 spiro atoms. The van der Waals surface area contributed by atoms with Crippen molar-refractivity contribution in [3.05, 3.63) is 64.5 Å². The Morgan fingerprint density at radius 1 is 1.00 bits per heavy atom. The number of halogens is 6. The van der Waals surface area contributed by atoms with Crippen LogP contribution in [0.2, 0.25) is 0 Å². The molecule has 1 heterocycles. The highest BCUT2D eigenvalue weighted by Crippen LogP contribution is 2.37. The van der Waals surface area contributed by atoms with E-state index < -0.39 is 35.0 Å². The summed E-state index contributed by atoms with van der Waals surface area (Å²) in [6, 6.07) is 5.46. The topological polar surface area (TPSA) is 68.0 Å². The Bertz CT molecular complexity index is 1120. The van der Waals surface area contributed by atoms with Gasteiger partial charge in [-0.1, -0.05) is 31.1 Å². The van der Waals surface area contributed by atoms with Crippen molar-refractivity contribution < 1.29 is 35.7 Å². The number of nitrogens with zero attached hydrogens (tertiary/aromatic N) is 2. The molecule has 2 aromatic carbocycles. The molecule has 0 fully saturated rings. The molecule has 0 unspecified atom stereocenters. The standard InChI is InChI=1S/C21H17F6N3O2/c1-10(2)17-29-19(32-30-17)15-6-4-5-11(3)16(15)28-18(31)12-7-13(20(22,23)24)9-14(8-12)21(25,26)27/h4-10H,1-3H3,(H,28,31). The summed E-state index contributed by atoms with van der Waals surface area (Å²) >= 11 is 0. The summed E-state index contributed by atoms with van der Waals surface area (Å²) in [4.78, 5) is 16.9. The smallest absolute Gasteiger partial charge is 0.334 e. The van der Waals surface area contributed by atoms with Gasteiger partial charge in [-0.25, -0.2) is 0 Å². The van der Waals surface area contributed by atoms with Crippen LogP contribution in [0.5, 0.6) is 0 Å². The molecule has 0 aliphatic heterocycles. The highest BCUT2D eigenvalue weighted by Gasteiger charge is 2.37. The molecule has 0 radical (unpaired) electrons. The molecular formula is C21H17F6N3O2. The number of carbonyl (C=O) groups excluding carboxylic acids is 1. The first-order chi connectivity index (χ1) is 14.8. The van der Waals surface area contributed by atoms with Crippen LogP contribution in [0.15, 0.2) is 40.9 Å². The number of benzene rings is 2. The number of hydrogen-bond acceptors (Lipinski definition) is 4. The Labute approximate surface area is 178 Å². The fourth-order valence-corrected chi connectivity index (χ4v) is 2.86. The average Bonchev–Trinajstić information content (AvgIpc) is 3.18. The van der Waals surface area contributed by atoms with Gasteiger partial charge in [-0.05, 0) is 36.8 Å². The maximum Gasteiger partial charge on any atom is 0.416 e. The van der Waals surface area contributed by atoms with Crippen molar-refractivity contribution >= 4 is 11.6 Å². The van der Waals surface area contributed by atoms with Gasteiger partial charge in [-0.15, -0.1) is 0 Å². The Morgan fingerprint density at radius 3 is 2.09 bits per heavy atom. The van der Waals surface area contributed by atoms with Crippen LogP contribution in [-0.4, -0.2) is 16.0 Å². The van der Waals surface area contributed by atoms with Gasteiger partial charge in [0.2, 0.25) is 0 Å². The first-order valence-corrected chi connectivity index (χ1v) is 9.31. The van der Waals surface area contributed by atoms with E-state index in [0.717, 1.165) is 0 Å². The number of para-hydroxylation sites is 1. The molecule has 0 atom stereocenters. The maximum atomic E-state index is 13.1. The second-order valence-corrected chi connectivity index (χ2v) is 7.36. The van der Waals surface area contributed by atoms with Crippen molar-refractivity contribution in [1.29, 1.82) is 0 Å². The van der Waals surface area contributed by atoms with Crippen molar-refractivity contribution in [1.82, 2.24) is 10.1 Å². The predicted molar refractivity (Wildman–Crippen MR) is 103 cm³/mol. The summed E-state index contributed by atoms with van der Waals surface area (Å²) in [5.41, 5.74) is -3.07. The number of aromatic nitrogens is 2. The van der Waals surface area contributed by atoms with Crippen molar-refractivity contribution in [2.45, 2.75) is 39.0 Å². The fraction of sp³-hybridized carbons (Fsp3) is 0.286. The van der Waals surface area contributed by atoms with Gasteiger partial charge in [0, 0.05) is 11.5 Å². The van der Waals surface area contributed by atoms with Crippen LogP contribution < -0.4 is 5.32 Å². The minimum Gasteiger partial charge on any atom is -0.334 e. The van der Waals surface area contributed by atoms with Gasteiger partial charge in [0.1, 0.15) is 0 Å². The minimum absolute atomic E-state index is 0.0398. The average molecular weight is 457 g/mol. The van der Waals surface area contributed by atoms with Gasteiger partial charge in [-0.3, -0.25) is 4.79 Å². The lowest BCUT2D eigenvalue weighted by Gasteiger charge is -2.15. The Morgan fingerprint density at radius 2 is 1.59 bits per heavy atom. The van der Waals surface area contributed by atoms with E-state index in [1.54, 1.807) is 19.1 Å². The minimum atomic E-state index is -5.07. The zero-order chi connectivity index (χ0) is 23.8. The molecule has 170 valence electrons. The highest BCUT2D eigenvalue weighted by atomic mass is 19.4. The van der Waals surface area contributed by atoms with Gasteiger partial charge in [0.25, 0.3) is 11.8 Å². The van der Waals surface area contributed by atoms with E-state index in [1.807, 2.05) is 13.8 Å². The van der Waals surface area contributed by atoms with Gasteiger partial charge in [-0.2, -0.15) is 31.3 Å². The van der Waals surface area contributed by atoms with Gasteiger partial charge in [0.05, 0.1) is 22.4 Å². The molecule has 5 nitrogen and oxygen atoms in total. The molecule has 11 heteroatoms. The number of rotatable bonds is 4. The van der Waals surface area contributed by atoms with E-state index in [-0.39, 0.29) is 29.1 Å². The zero-order valence-corrected chi connectivity index (χ0v) is 17.0. The summed E-state index contributed by atoms with van der Waals surface area (Å²) in [5.74, 6) is -0.763. The fourth-order valence-electron chi connectivity index (χ4n) is 2.86. The van der Waals surface area contributed by atoms with Gasteiger partial charge >= 0.3 is 12.4 Å². The SMILES string of the molecule is Cc1cccc(-c2nc(C(C)C)no2)c1NC(=O)c1cc(C(F)(F)F)cc(C(F)(F)F)c1. The van der Waals surface area contributed by atoms with Gasteiger partial charge in [0.15, 0.2) is 5.82 Å². The predicted octanol–water partition coefficient (Wildman–Crippen LogP) is 6.46. The Kier molecular flexibility index (Phi) is 6.03. The Balaban J connectivity index is 2.04. The molecule has 0 aliphatic carbocycles. The molecule has 3 rings (SSSR count). The summed E-state index contributed by atoms with van der Waals surface area (Å²) < 4.78 is 83.9. The number of hydrogen-bond donors (Lipinski definition) is 1. The summed E-state index contributed by atoms with van der Waals surface area (Å²) in [7, 11) is 0. The number of aryl methyl sites for hydroxylation is 1. The molecule has 0 saturated carbocycles. The third-order valence-corrected chi connectivity index (χ3v) is 4.55. The number of amides is 1. The van der Waals surface area contributed by atoms with Crippen LogP contribution in [0.1, 0.15) is 52.6 Å². The van der Waals surface area contributed by atoms with E-state index in [9.17, 15) is 31.1 Å². The molecule has 3 aromatic rings. The van der Waals surface area contributed by atoms with Crippen LogP contribution >= 0.6 is 0 Å². The van der Waals surface area contributed by atoms with E-state index in [0.29, 0.717) is 23.5 Å². The summed E-state index contributed by atoms with van der Waals surface area (Å²) in [6.45, 7) is 5.27. The second kappa shape index (κ2) is 8.29. The van der Waals surface area contributed by atoms with Crippen LogP contribution in [0.25, 0.3) is 11.5 Å². The first-order valence-electron chi connectivity index (χ1n) is 9.31. The van der Waals surface area contributed by atoms with Crippen LogP contribution in [0, 0.1) is 6.92 Å². The molecule has 0 bridgehead atoms. The van der Waals surface area contributed by atoms with E-state index in [2.05, 4.69) is 15.5 Å². The number of anilines is 1. The first kappa shape index (κ1) is 23.3. The maximum absolute atomic E-state index is 13.1. The van der Waals surface area contributed by atoms with E-state index >= 15 is 0 Å². The zero-order valence-electron chi connectivity index (χ0n) is 17.0. The lowest BCUT2D eigenvalue weighted by atomic mass is 10.0. The van der Waals surface area contributed by atoms with Crippen molar-refractivity contribution in [3.63, 3.8) is 0 Å². The van der Waals surface area contributed by atoms with Crippen molar-refractivity contribution in [3.8, 4) is 11.5 Å². The number of alkyl halides is 6. The quantitative estimate of drug-likeness (QED) is 0.457. The monoisotopic (exact) mass is 457 g/mol. The highest BCUT2D eigenvalue weighted by molar-refractivity contribution is 6.06. The molecule has 1 N–H and O–H groups in total. The molecule has 1 aromatic heterocycles. The summed E-state index contributed by atoms with van der Waals surface area (Å²) in [5, 5.41) is 6.22. The second-order valence-electron chi connectivity index (χ2n) is 7.36. The molecule has 32 heavy (non-hydrogen) atoms. The van der Waals surface area contributed by atoms with E-state index in [4.69, 9.17) is 4.52 Å². The summed E-state index contributed by atoms with van der Waals surface area (Å²) in [6.07, 6.45) is -10.1. The molecule has 0 saturated heterocycles. The lowest BCUT2D eigenvalue weighted by molar-refractivity contribution is -0.143. The third-order valence-electron chi connectivity index (χ3n) is 4.55. The van der Waals surface area contributed by atoms with E-state index in [1.165, 1.54) is 6.07 Å². The number of carbonyl (C=O) groups is 1. The largest absolute Gasteiger partial charge is 0.416 e. The molecule has 1 amide bonds. The molecule has 0 aliphatic rings. The van der Waals surface area contributed by atoms with Crippen LogP contribution in [-0.2, 0) is 12.4 Å². The third kappa shape index (κ3) is 4.92. The van der Waals surface area contributed by atoms with Crippen molar-refractivity contribution in [2.75, 3.05) is 5.32 Å². The normalized spacial score (nSPS) is 12.3. The van der Waals surface area contributed by atoms with Crippen LogP contribution in [0.4, 0.5) is 32.0 Å². The van der Waals surface area contributed by atoms with Crippen molar-refractivity contribution in [2.24, 2.45) is 0 Å². The lowest BCUT2D eigenvalue weighted by Crippen LogP contribution is -2.18. The number of nitrogens with one attached hydrogen (secondary N) is 1. The molecular weight excluding hydrogens is 440 g/mol. The Hall–Kier alpha value is -3.37. The van der Waals surface area contributed by atoms with Crippen LogP contribution in [0.3, 0.4) is 0 Å².